The van der Waals surface area contributed by atoms with Crippen LogP contribution < -0.4 is 4.90 Å². The molecule has 2 saturated heterocycles. The number of hydrogen-bond donors (Lipinski definition) is 0. The molecule has 0 amide bonds. The molecule has 0 aliphatic carbocycles. The third-order valence-corrected chi connectivity index (χ3v) is 6.29. The number of aromatic nitrogens is 2. The van der Waals surface area contributed by atoms with Crippen molar-refractivity contribution >= 4 is 15.7 Å². The van der Waals surface area contributed by atoms with Crippen molar-refractivity contribution in [1.29, 1.82) is 0 Å². The van der Waals surface area contributed by atoms with Gasteiger partial charge in [-0.1, -0.05) is 0 Å². The number of sulfone groups is 1. The van der Waals surface area contributed by atoms with Crippen molar-refractivity contribution in [2.45, 2.75) is 18.9 Å². The van der Waals surface area contributed by atoms with E-state index in [0.29, 0.717) is 23.5 Å². The van der Waals surface area contributed by atoms with Gasteiger partial charge in [-0.05, 0) is 25.8 Å². The van der Waals surface area contributed by atoms with Crippen LogP contribution in [0.1, 0.15) is 12.8 Å². The summed E-state index contributed by atoms with van der Waals surface area (Å²) in [6.45, 7) is 2.94. The quantitative estimate of drug-likeness (QED) is 0.803. The van der Waals surface area contributed by atoms with E-state index in [1.807, 2.05) is 0 Å². The van der Waals surface area contributed by atoms with E-state index in [9.17, 15) is 8.42 Å². The molecule has 2 fully saturated rings. The van der Waals surface area contributed by atoms with Gasteiger partial charge >= 0.3 is 0 Å². The summed E-state index contributed by atoms with van der Waals surface area (Å²) in [5.41, 5.74) is 0. The Morgan fingerprint density at radius 3 is 2.62 bits per heavy atom. The minimum atomic E-state index is -2.75. The fourth-order valence-corrected chi connectivity index (χ4v) is 4.64. The highest BCUT2D eigenvalue weighted by Gasteiger charge is 2.33. The highest BCUT2D eigenvalue weighted by molar-refractivity contribution is 7.91. The van der Waals surface area contributed by atoms with Gasteiger partial charge in [-0.3, -0.25) is 9.88 Å². The number of rotatable bonds is 4. The Labute approximate surface area is 126 Å². The first-order valence-electron chi connectivity index (χ1n) is 7.45. The lowest BCUT2D eigenvalue weighted by molar-refractivity contribution is 0.171. The topological polar surface area (TPSA) is 66.4 Å². The van der Waals surface area contributed by atoms with Crippen LogP contribution in [0.5, 0.6) is 0 Å². The fourth-order valence-electron chi connectivity index (χ4n) is 3.05. The third kappa shape index (κ3) is 3.52. The predicted molar refractivity (Wildman–Crippen MR) is 82.0 cm³/mol. The predicted octanol–water partition coefficient (Wildman–Crippen LogP) is 0.422. The minimum absolute atomic E-state index is 0.363. The Bertz CT molecular complexity index is 558. The number of anilines is 1. The summed E-state index contributed by atoms with van der Waals surface area (Å²) in [6.07, 6.45) is 6.82. The van der Waals surface area contributed by atoms with Gasteiger partial charge in [0, 0.05) is 38.1 Å². The van der Waals surface area contributed by atoms with E-state index in [-0.39, 0.29) is 0 Å². The Hall–Kier alpha value is -1.21. The van der Waals surface area contributed by atoms with E-state index in [0.717, 1.165) is 38.3 Å². The second-order valence-electron chi connectivity index (χ2n) is 6.16. The molecule has 6 nitrogen and oxygen atoms in total. The summed E-state index contributed by atoms with van der Waals surface area (Å²) in [5.74, 6) is 2.18. The first-order valence-corrected chi connectivity index (χ1v) is 9.27. The summed E-state index contributed by atoms with van der Waals surface area (Å²) in [4.78, 5) is 13.0. The summed E-state index contributed by atoms with van der Waals surface area (Å²) < 4.78 is 22.9. The zero-order chi connectivity index (χ0) is 14.9. The summed E-state index contributed by atoms with van der Waals surface area (Å²) in [6, 6.07) is 0.533. The molecule has 0 saturated carbocycles. The maximum atomic E-state index is 11.4. The molecule has 0 aromatic carbocycles. The second-order valence-corrected chi connectivity index (χ2v) is 8.46. The molecule has 0 spiro atoms. The molecule has 2 aliphatic rings. The van der Waals surface area contributed by atoms with E-state index in [1.54, 1.807) is 18.6 Å². The Kier molecular flexibility index (Phi) is 4.12. The smallest absolute Gasteiger partial charge is 0.150 e. The van der Waals surface area contributed by atoms with E-state index in [2.05, 4.69) is 26.8 Å². The molecule has 0 N–H and O–H groups in total. The Morgan fingerprint density at radius 2 is 2.00 bits per heavy atom. The monoisotopic (exact) mass is 310 g/mol. The third-order valence-electron chi connectivity index (χ3n) is 4.58. The van der Waals surface area contributed by atoms with Crippen LogP contribution in [0.4, 0.5) is 5.82 Å². The van der Waals surface area contributed by atoms with Crippen molar-refractivity contribution in [3.8, 4) is 0 Å². The van der Waals surface area contributed by atoms with Gasteiger partial charge in [0.1, 0.15) is 15.7 Å². The SMILES string of the molecule is CN(CC1CCS(=O)(=O)CC1)C1CN(c2cnccn2)C1. The zero-order valence-electron chi connectivity index (χ0n) is 12.4. The van der Waals surface area contributed by atoms with Crippen molar-refractivity contribution in [2.75, 3.05) is 43.1 Å². The number of hydrogen-bond acceptors (Lipinski definition) is 6. The van der Waals surface area contributed by atoms with Gasteiger partial charge in [-0.15, -0.1) is 0 Å². The standard InChI is InChI=1S/C14H22N4O2S/c1-17(9-12-2-6-21(19,20)7-3-12)13-10-18(11-13)14-8-15-4-5-16-14/h4-5,8,12-13H,2-3,6-7,9-11H2,1H3. The molecule has 116 valence electrons. The highest BCUT2D eigenvalue weighted by atomic mass is 32.2. The molecule has 21 heavy (non-hydrogen) atoms. The molecule has 2 aliphatic heterocycles. The summed E-state index contributed by atoms with van der Waals surface area (Å²) in [5, 5.41) is 0. The van der Waals surface area contributed by atoms with Gasteiger partial charge < -0.3 is 4.90 Å². The van der Waals surface area contributed by atoms with Crippen molar-refractivity contribution in [1.82, 2.24) is 14.9 Å². The lowest BCUT2D eigenvalue weighted by Gasteiger charge is -2.45. The van der Waals surface area contributed by atoms with Gasteiger partial charge in [0.25, 0.3) is 0 Å². The first kappa shape index (κ1) is 14.7. The summed E-state index contributed by atoms with van der Waals surface area (Å²) >= 11 is 0. The summed E-state index contributed by atoms with van der Waals surface area (Å²) in [7, 11) is -0.609. The molecule has 0 bridgehead atoms. The lowest BCUT2D eigenvalue weighted by Crippen LogP contribution is -2.59. The maximum absolute atomic E-state index is 11.4. The van der Waals surface area contributed by atoms with E-state index in [4.69, 9.17) is 0 Å². The van der Waals surface area contributed by atoms with E-state index >= 15 is 0 Å². The van der Waals surface area contributed by atoms with Crippen LogP contribution in [0.15, 0.2) is 18.6 Å². The normalized spacial score (nSPS) is 23.2. The lowest BCUT2D eigenvalue weighted by atomic mass is 10.00. The molecule has 0 atom stereocenters. The molecule has 3 heterocycles. The average molecular weight is 310 g/mol. The molecule has 7 heteroatoms. The number of likely N-dealkylation sites (N-methyl/N-ethyl adjacent to an activating group) is 1. The highest BCUT2D eigenvalue weighted by Crippen LogP contribution is 2.24. The van der Waals surface area contributed by atoms with E-state index < -0.39 is 9.84 Å². The van der Waals surface area contributed by atoms with Crippen LogP contribution in [0.25, 0.3) is 0 Å². The largest absolute Gasteiger partial charge is 0.352 e. The average Bonchev–Trinajstić information content (AvgIpc) is 2.41. The first-order chi connectivity index (χ1) is 10.0. The van der Waals surface area contributed by atoms with Crippen molar-refractivity contribution in [3.63, 3.8) is 0 Å². The van der Waals surface area contributed by atoms with Crippen molar-refractivity contribution in [3.05, 3.63) is 18.6 Å². The molecular weight excluding hydrogens is 288 g/mol. The van der Waals surface area contributed by atoms with E-state index in [1.165, 1.54) is 0 Å². The zero-order valence-corrected chi connectivity index (χ0v) is 13.2. The molecule has 3 rings (SSSR count). The van der Waals surface area contributed by atoms with Crippen LogP contribution in [-0.2, 0) is 9.84 Å². The fraction of sp³-hybridized carbons (Fsp3) is 0.714. The van der Waals surface area contributed by atoms with Crippen LogP contribution in [0, 0.1) is 5.92 Å². The van der Waals surface area contributed by atoms with Crippen LogP contribution in [0.3, 0.4) is 0 Å². The van der Waals surface area contributed by atoms with Gasteiger partial charge in [-0.2, -0.15) is 0 Å². The van der Waals surface area contributed by atoms with Crippen molar-refractivity contribution < 1.29 is 8.42 Å². The Morgan fingerprint density at radius 1 is 1.29 bits per heavy atom. The number of nitrogens with zero attached hydrogens (tertiary/aromatic N) is 4. The maximum Gasteiger partial charge on any atom is 0.150 e. The van der Waals surface area contributed by atoms with Crippen LogP contribution in [-0.4, -0.2) is 67.5 Å². The van der Waals surface area contributed by atoms with Gasteiger partial charge in [-0.25, -0.2) is 13.4 Å². The second kappa shape index (κ2) is 5.88. The van der Waals surface area contributed by atoms with Gasteiger partial charge in [0.15, 0.2) is 0 Å². The van der Waals surface area contributed by atoms with Crippen LogP contribution in [0.2, 0.25) is 0 Å². The van der Waals surface area contributed by atoms with Crippen molar-refractivity contribution in [2.24, 2.45) is 5.92 Å². The molecule has 1 aromatic heterocycles. The Balaban J connectivity index is 1.45. The molecule has 1 aromatic rings. The molecule has 0 radical (unpaired) electrons. The minimum Gasteiger partial charge on any atom is -0.352 e. The van der Waals surface area contributed by atoms with Crippen LogP contribution >= 0.6 is 0 Å². The van der Waals surface area contributed by atoms with Gasteiger partial charge in [0.05, 0.1) is 17.7 Å². The molecular formula is C14H22N4O2S. The van der Waals surface area contributed by atoms with Gasteiger partial charge in [0.2, 0.25) is 0 Å². The molecule has 0 unspecified atom stereocenters.